The summed E-state index contributed by atoms with van der Waals surface area (Å²) in [7, 11) is 3.13. The standard InChI is InChI=1S/C23H29F3N4O3/c1-16(22(31)28-14-17-5-7-19(32-2)20(13-17)33-3)29-9-4-10-30(12-11-29)21-8-6-18(15-27-21)23(24,25)26/h5-8,13,15-16H,4,9-12,14H2,1-3H3,(H,28,31)/t16-/m1/s1. The molecule has 1 amide bonds. The summed E-state index contributed by atoms with van der Waals surface area (Å²) in [6.07, 6.45) is -2.76. The second-order valence-corrected chi connectivity index (χ2v) is 7.86. The summed E-state index contributed by atoms with van der Waals surface area (Å²) >= 11 is 0. The van der Waals surface area contributed by atoms with Crippen molar-refractivity contribution in [3.05, 3.63) is 47.7 Å². The molecule has 0 bridgehead atoms. The first-order valence-electron chi connectivity index (χ1n) is 10.7. The van der Waals surface area contributed by atoms with E-state index >= 15 is 0 Å². The molecule has 3 rings (SSSR count). The van der Waals surface area contributed by atoms with E-state index in [2.05, 4.69) is 15.2 Å². The van der Waals surface area contributed by atoms with E-state index in [1.165, 1.54) is 6.07 Å². The SMILES string of the molecule is COc1ccc(CNC(=O)[C@@H](C)N2CCCN(c3ccc(C(F)(F)F)cn3)CC2)cc1OC. The molecule has 33 heavy (non-hydrogen) atoms. The van der Waals surface area contributed by atoms with E-state index < -0.39 is 11.7 Å². The minimum absolute atomic E-state index is 0.0918. The van der Waals surface area contributed by atoms with Gasteiger partial charge in [-0.2, -0.15) is 13.2 Å². The van der Waals surface area contributed by atoms with Crippen LogP contribution in [0.1, 0.15) is 24.5 Å². The zero-order valence-corrected chi connectivity index (χ0v) is 19.0. The van der Waals surface area contributed by atoms with Crippen LogP contribution in [0, 0.1) is 0 Å². The fraction of sp³-hybridized carbons (Fsp3) is 0.478. The topological polar surface area (TPSA) is 66.9 Å². The van der Waals surface area contributed by atoms with Gasteiger partial charge in [0.25, 0.3) is 0 Å². The van der Waals surface area contributed by atoms with E-state index in [-0.39, 0.29) is 11.9 Å². The van der Waals surface area contributed by atoms with E-state index in [9.17, 15) is 18.0 Å². The molecule has 0 spiro atoms. The summed E-state index contributed by atoms with van der Waals surface area (Å²) in [5.74, 6) is 1.64. The van der Waals surface area contributed by atoms with E-state index in [0.29, 0.717) is 50.0 Å². The number of carbonyl (C=O) groups excluding carboxylic acids is 1. The molecular weight excluding hydrogens is 437 g/mol. The molecule has 1 aliphatic rings. The van der Waals surface area contributed by atoms with Crippen LogP contribution < -0.4 is 19.7 Å². The number of anilines is 1. The van der Waals surface area contributed by atoms with Crippen LogP contribution in [0.3, 0.4) is 0 Å². The van der Waals surface area contributed by atoms with Gasteiger partial charge in [-0.1, -0.05) is 6.07 Å². The number of hydrogen-bond acceptors (Lipinski definition) is 6. The normalized spacial score (nSPS) is 16.1. The van der Waals surface area contributed by atoms with Gasteiger partial charge in [0.15, 0.2) is 11.5 Å². The maximum atomic E-state index is 12.8. The highest BCUT2D eigenvalue weighted by Crippen LogP contribution is 2.30. The average Bonchev–Trinajstić information content (AvgIpc) is 3.07. The third-order valence-corrected chi connectivity index (χ3v) is 5.77. The van der Waals surface area contributed by atoms with Crippen LogP contribution in [0.25, 0.3) is 0 Å². The zero-order chi connectivity index (χ0) is 24.0. The maximum Gasteiger partial charge on any atom is 0.417 e. The maximum absolute atomic E-state index is 12.8. The number of hydrogen-bond donors (Lipinski definition) is 1. The molecule has 10 heteroatoms. The summed E-state index contributed by atoms with van der Waals surface area (Å²) in [4.78, 5) is 20.8. The molecule has 0 aliphatic carbocycles. The number of rotatable bonds is 7. The Morgan fingerprint density at radius 1 is 1.09 bits per heavy atom. The first kappa shape index (κ1) is 24.6. The second kappa shape index (κ2) is 10.7. The lowest BCUT2D eigenvalue weighted by atomic mass is 10.2. The molecule has 0 saturated carbocycles. The monoisotopic (exact) mass is 466 g/mol. The average molecular weight is 467 g/mol. The Hall–Kier alpha value is -3.01. The lowest BCUT2D eigenvalue weighted by molar-refractivity contribution is -0.137. The number of nitrogens with one attached hydrogen (secondary N) is 1. The first-order valence-corrected chi connectivity index (χ1v) is 10.7. The van der Waals surface area contributed by atoms with Crippen LogP contribution in [0.4, 0.5) is 19.0 Å². The number of alkyl halides is 3. The van der Waals surface area contributed by atoms with Gasteiger partial charge in [0.05, 0.1) is 25.8 Å². The molecule has 2 aromatic rings. The fourth-order valence-corrected chi connectivity index (χ4v) is 3.79. The largest absolute Gasteiger partial charge is 0.493 e. The van der Waals surface area contributed by atoms with Crippen LogP contribution in [0.15, 0.2) is 36.5 Å². The Balaban J connectivity index is 1.54. The van der Waals surface area contributed by atoms with Crippen molar-refractivity contribution in [2.24, 2.45) is 0 Å². The van der Waals surface area contributed by atoms with Gasteiger partial charge in [0.1, 0.15) is 5.82 Å². The number of pyridine rings is 1. The van der Waals surface area contributed by atoms with Crippen LogP contribution in [-0.2, 0) is 17.5 Å². The van der Waals surface area contributed by atoms with Crippen molar-refractivity contribution in [1.82, 2.24) is 15.2 Å². The molecule has 0 unspecified atom stereocenters. The smallest absolute Gasteiger partial charge is 0.417 e. The minimum atomic E-state index is -4.40. The van der Waals surface area contributed by atoms with Crippen LogP contribution in [-0.4, -0.2) is 62.2 Å². The molecule has 1 N–H and O–H groups in total. The summed E-state index contributed by atoms with van der Waals surface area (Å²) in [6.45, 7) is 4.77. The van der Waals surface area contributed by atoms with Crippen molar-refractivity contribution < 1.29 is 27.4 Å². The number of ether oxygens (including phenoxy) is 2. The molecular formula is C23H29F3N4O3. The number of halogens is 3. The van der Waals surface area contributed by atoms with Crippen molar-refractivity contribution in [3.8, 4) is 11.5 Å². The van der Waals surface area contributed by atoms with Gasteiger partial charge in [-0.3, -0.25) is 9.69 Å². The predicted octanol–water partition coefficient (Wildman–Crippen LogP) is 3.33. The lowest BCUT2D eigenvalue weighted by Crippen LogP contribution is -2.46. The highest BCUT2D eigenvalue weighted by Gasteiger charge is 2.31. The summed E-state index contributed by atoms with van der Waals surface area (Å²) < 4.78 is 48.9. The molecule has 1 aliphatic heterocycles. The highest BCUT2D eigenvalue weighted by atomic mass is 19.4. The van der Waals surface area contributed by atoms with Crippen LogP contribution >= 0.6 is 0 Å². The van der Waals surface area contributed by atoms with Crippen molar-refractivity contribution in [3.63, 3.8) is 0 Å². The highest BCUT2D eigenvalue weighted by molar-refractivity contribution is 5.81. The van der Waals surface area contributed by atoms with Gasteiger partial charge in [0.2, 0.25) is 5.91 Å². The molecule has 0 radical (unpaired) electrons. The molecule has 1 aromatic carbocycles. The van der Waals surface area contributed by atoms with Crippen LogP contribution in [0.2, 0.25) is 0 Å². The number of amides is 1. The lowest BCUT2D eigenvalue weighted by Gasteiger charge is -2.27. The molecule has 1 atom stereocenters. The van der Waals surface area contributed by atoms with Crippen molar-refractivity contribution in [1.29, 1.82) is 0 Å². The third-order valence-electron chi connectivity index (χ3n) is 5.77. The molecule has 7 nitrogen and oxygen atoms in total. The number of aromatic nitrogens is 1. The van der Waals surface area contributed by atoms with E-state index in [1.54, 1.807) is 20.3 Å². The van der Waals surface area contributed by atoms with Crippen molar-refractivity contribution >= 4 is 11.7 Å². The van der Waals surface area contributed by atoms with Gasteiger partial charge in [0, 0.05) is 38.9 Å². The number of carbonyl (C=O) groups is 1. The van der Waals surface area contributed by atoms with Gasteiger partial charge in [-0.05, 0) is 43.2 Å². The zero-order valence-electron chi connectivity index (χ0n) is 19.0. The second-order valence-electron chi connectivity index (χ2n) is 7.86. The Kier molecular flexibility index (Phi) is 8.01. The van der Waals surface area contributed by atoms with E-state index in [4.69, 9.17) is 9.47 Å². The van der Waals surface area contributed by atoms with Gasteiger partial charge >= 0.3 is 6.18 Å². The summed E-state index contributed by atoms with van der Waals surface area (Å²) in [5, 5.41) is 2.96. The Morgan fingerprint density at radius 2 is 1.85 bits per heavy atom. The Morgan fingerprint density at radius 3 is 2.48 bits per heavy atom. The van der Waals surface area contributed by atoms with Gasteiger partial charge < -0.3 is 19.7 Å². The predicted molar refractivity (Wildman–Crippen MR) is 118 cm³/mol. The fourth-order valence-electron chi connectivity index (χ4n) is 3.79. The Labute approximate surface area is 191 Å². The number of benzene rings is 1. The quantitative estimate of drug-likeness (QED) is 0.675. The molecule has 180 valence electrons. The number of nitrogens with zero attached hydrogens (tertiary/aromatic N) is 3. The van der Waals surface area contributed by atoms with Gasteiger partial charge in [-0.25, -0.2) is 4.98 Å². The summed E-state index contributed by atoms with van der Waals surface area (Å²) in [6, 6.07) is 7.60. The molecule has 1 saturated heterocycles. The Bertz CT molecular complexity index is 938. The van der Waals surface area contributed by atoms with Crippen molar-refractivity contribution in [2.45, 2.75) is 32.1 Å². The van der Waals surface area contributed by atoms with Crippen molar-refractivity contribution in [2.75, 3.05) is 45.3 Å². The third kappa shape index (κ3) is 6.28. The molecule has 1 fully saturated rings. The van der Waals surface area contributed by atoms with Crippen LogP contribution in [0.5, 0.6) is 11.5 Å². The minimum Gasteiger partial charge on any atom is -0.493 e. The first-order chi connectivity index (χ1) is 15.7. The summed E-state index contributed by atoms with van der Waals surface area (Å²) in [5.41, 5.74) is 0.131. The number of methoxy groups -OCH3 is 2. The molecule has 1 aromatic heterocycles. The van der Waals surface area contributed by atoms with Gasteiger partial charge in [-0.15, -0.1) is 0 Å². The van der Waals surface area contributed by atoms with E-state index in [0.717, 1.165) is 24.2 Å². The van der Waals surface area contributed by atoms with E-state index in [1.807, 2.05) is 24.0 Å². The molecule has 2 heterocycles.